The second-order valence-electron chi connectivity index (χ2n) is 5.87. The maximum absolute atomic E-state index is 9.46. The van der Waals surface area contributed by atoms with E-state index in [4.69, 9.17) is 4.74 Å². The van der Waals surface area contributed by atoms with Gasteiger partial charge in [0.2, 0.25) is 0 Å². The van der Waals surface area contributed by atoms with Gasteiger partial charge in [0.25, 0.3) is 0 Å². The number of hydrogen-bond acceptors (Lipinski definition) is 2. The molecule has 3 atom stereocenters. The van der Waals surface area contributed by atoms with Crippen LogP contribution in [0.2, 0.25) is 0 Å². The molecule has 2 aromatic rings. The van der Waals surface area contributed by atoms with Crippen molar-refractivity contribution in [2.75, 3.05) is 0 Å². The zero-order valence-electron chi connectivity index (χ0n) is 11.3. The highest BCUT2D eigenvalue weighted by atomic mass is 16.5. The van der Waals surface area contributed by atoms with Crippen LogP contribution in [0.4, 0.5) is 0 Å². The first-order chi connectivity index (χ1) is 9.83. The fourth-order valence-electron chi connectivity index (χ4n) is 3.83. The first kappa shape index (κ1) is 11.8. The van der Waals surface area contributed by atoms with E-state index in [2.05, 4.69) is 18.2 Å². The quantitative estimate of drug-likeness (QED) is 0.828. The van der Waals surface area contributed by atoms with E-state index in [0.717, 1.165) is 5.75 Å². The minimum atomic E-state index is 0.123. The van der Waals surface area contributed by atoms with Crippen molar-refractivity contribution in [2.24, 2.45) is 5.92 Å². The van der Waals surface area contributed by atoms with Gasteiger partial charge in [-0.2, -0.15) is 0 Å². The van der Waals surface area contributed by atoms with Crippen LogP contribution in [-0.4, -0.2) is 5.11 Å². The largest absolute Gasteiger partial charge is 0.508 e. The molecular weight excluding hydrogens is 248 g/mol. The molecule has 0 amide bonds. The van der Waals surface area contributed by atoms with Crippen LogP contribution < -0.4 is 4.74 Å². The van der Waals surface area contributed by atoms with E-state index < -0.39 is 0 Å². The van der Waals surface area contributed by atoms with Crippen molar-refractivity contribution in [3.63, 3.8) is 0 Å². The van der Waals surface area contributed by atoms with Gasteiger partial charge in [-0.25, -0.2) is 0 Å². The molecule has 2 heteroatoms. The molecule has 2 aliphatic rings. The molecule has 1 aliphatic heterocycles. The van der Waals surface area contributed by atoms with Crippen LogP contribution in [0, 0.1) is 5.92 Å². The Kier molecular flexibility index (Phi) is 2.69. The van der Waals surface area contributed by atoms with E-state index in [0.29, 0.717) is 17.6 Å². The molecule has 102 valence electrons. The number of ether oxygens (including phenoxy) is 1. The van der Waals surface area contributed by atoms with E-state index in [9.17, 15) is 5.11 Å². The Labute approximate surface area is 119 Å². The van der Waals surface area contributed by atoms with Crippen molar-refractivity contribution in [3.05, 3.63) is 59.7 Å². The van der Waals surface area contributed by atoms with E-state index in [-0.39, 0.29) is 6.10 Å². The molecule has 1 N–H and O–H groups in total. The third kappa shape index (κ3) is 1.79. The van der Waals surface area contributed by atoms with Crippen LogP contribution in [0.1, 0.15) is 42.4 Å². The van der Waals surface area contributed by atoms with Gasteiger partial charge >= 0.3 is 0 Å². The van der Waals surface area contributed by atoms with Crippen LogP contribution in [0.25, 0.3) is 0 Å². The summed E-state index contributed by atoms with van der Waals surface area (Å²) in [5.74, 6) is 2.54. The molecule has 0 spiro atoms. The van der Waals surface area contributed by atoms with Gasteiger partial charge in [-0.3, -0.25) is 0 Å². The number of rotatable bonds is 1. The topological polar surface area (TPSA) is 29.5 Å². The van der Waals surface area contributed by atoms with Crippen molar-refractivity contribution in [1.29, 1.82) is 0 Å². The molecule has 0 radical (unpaired) electrons. The lowest BCUT2D eigenvalue weighted by atomic mass is 9.80. The van der Waals surface area contributed by atoms with E-state index >= 15 is 0 Å². The Morgan fingerprint density at radius 2 is 1.75 bits per heavy atom. The van der Waals surface area contributed by atoms with Crippen LogP contribution in [-0.2, 0) is 0 Å². The molecule has 0 aromatic heterocycles. The molecule has 2 aromatic carbocycles. The molecule has 1 aliphatic carbocycles. The Bertz CT molecular complexity index is 618. The molecule has 4 rings (SSSR count). The van der Waals surface area contributed by atoms with Gasteiger partial charge in [0.15, 0.2) is 0 Å². The lowest BCUT2D eigenvalue weighted by Gasteiger charge is -2.36. The fraction of sp³-hybridized carbons (Fsp3) is 0.333. The second-order valence-corrected chi connectivity index (χ2v) is 5.87. The standard InChI is InChI=1S/C18H18O2/c19-13-10-8-12(9-11-13)18-16-6-3-5-14(16)15-4-1-2-7-17(15)20-18/h1-2,4,7-11,14,16,18-19H,3,5-6H2. The van der Waals surface area contributed by atoms with Gasteiger partial charge in [-0.05, 0) is 48.1 Å². The van der Waals surface area contributed by atoms with Crippen LogP contribution >= 0.6 is 0 Å². The third-order valence-electron chi connectivity index (χ3n) is 4.75. The summed E-state index contributed by atoms with van der Waals surface area (Å²) in [5.41, 5.74) is 2.55. The maximum atomic E-state index is 9.46. The van der Waals surface area contributed by atoms with Crippen molar-refractivity contribution < 1.29 is 9.84 Å². The minimum Gasteiger partial charge on any atom is -0.508 e. The third-order valence-corrected chi connectivity index (χ3v) is 4.75. The molecule has 1 saturated carbocycles. The number of aromatic hydroxyl groups is 1. The molecule has 1 fully saturated rings. The summed E-state index contributed by atoms with van der Waals surface area (Å²) in [5, 5.41) is 9.46. The predicted molar refractivity (Wildman–Crippen MR) is 78.0 cm³/mol. The number of fused-ring (bicyclic) bond motifs is 3. The first-order valence-electron chi connectivity index (χ1n) is 7.37. The molecule has 1 heterocycles. The number of benzene rings is 2. The maximum Gasteiger partial charge on any atom is 0.127 e. The molecular formula is C18H18O2. The summed E-state index contributed by atoms with van der Waals surface area (Å²) in [4.78, 5) is 0. The van der Waals surface area contributed by atoms with E-state index in [1.807, 2.05) is 18.2 Å². The SMILES string of the molecule is Oc1ccc(C2Oc3ccccc3C3CCCC32)cc1. The Hall–Kier alpha value is -1.96. The van der Waals surface area contributed by atoms with Crippen LogP contribution in [0.15, 0.2) is 48.5 Å². The van der Waals surface area contributed by atoms with Gasteiger partial charge in [0.1, 0.15) is 17.6 Å². The molecule has 2 nitrogen and oxygen atoms in total. The molecule has 0 bridgehead atoms. The number of hydrogen-bond donors (Lipinski definition) is 1. The van der Waals surface area contributed by atoms with Crippen LogP contribution in [0.3, 0.4) is 0 Å². The highest BCUT2D eigenvalue weighted by Gasteiger charge is 2.41. The smallest absolute Gasteiger partial charge is 0.127 e. The summed E-state index contributed by atoms with van der Waals surface area (Å²) in [7, 11) is 0. The lowest BCUT2D eigenvalue weighted by molar-refractivity contribution is 0.104. The van der Waals surface area contributed by atoms with Crippen molar-refractivity contribution in [3.8, 4) is 11.5 Å². The van der Waals surface area contributed by atoms with Gasteiger partial charge in [0, 0.05) is 5.92 Å². The zero-order chi connectivity index (χ0) is 13.5. The zero-order valence-corrected chi connectivity index (χ0v) is 11.3. The lowest BCUT2D eigenvalue weighted by Crippen LogP contribution is -2.26. The van der Waals surface area contributed by atoms with Gasteiger partial charge < -0.3 is 9.84 Å². The molecule has 3 unspecified atom stereocenters. The second kappa shape index (κ2) is 4.55. The Morgan fingerprint density at radius 3 is 2.60 bits per heavy atom. The Balaban J connectivity index is 1.76. The van der Waals surface area contributed by atoms with Crippen molar-refractivity contribution in [1.82, 2.24) is 0 Å². The summed E-state index contributed by atoms with van der Waals surface area (Å²) in [6.07, 6.45) is 3.89. The first-order valence-corrected chi connectivity index (χ1v) is 7.37. The number of phenols is 1. The van der Waals surface area contributed by atoms with E-state index in [1.165, 1.54) is 30.4 Å². The normalized spacial score (nSPS) is 27.5. The predicted octanol–water partition coefficient (Wildman–Crippen LogP) is 4.41. The van der Waals surface area contributed by atoms with Crippen molar-refractivity contribution in [2.45, 2.75) is 31.3 Å². The van der Waals surface area contributed by atoms with Gasteiger partial charge in [0.05, 0.1) is 0 Å². The van der Waals surface area contributed by atoms with Crippen LogP contribution in [0.5, 0.6) is 11.5 Å². The average Bonchev–Trinajstić information content (AvgIpc) is 2.97. The summed E-state index contributed by atoms with van der Waals surface area (Å²) in [6.45, 7) is 0. The van der Waals surface area contributed by atoms with Crippen molar-refractivity contribution >= 4 is 0 Å². The summed E-state index contributed by atoms with van der Waals surface area (Å²) < 4.78 is 6.29. The van der Waals surface area contributed by atoms with E-state index in [1.54, 1.807) is 12.1 Å². The Morgan fingerprint density at radius 1 is 0.950 bits per heavy atom. The summed E-state index contributed by atoms with van der Waals surface area (Å²) >= 11 is 0. The molecule has 0 saturated heterocycles. The average molecular weight is 266 g/mol. The number of phenolic OH excluding ortho intramolecular Hbond substituents is 1. The minimum absolute atomic E-state index is 0.123. The van der Waals surface area contributed by atoms with Gasteiger partial charge in [-0.15, -0.1) is 0 Å². The molecule has 20 heavy (non-hydrogen) atoms. The van der Waals surface area contributed by atoms with Gasteiger partial charge in [-0.1, -0.05) is 36.8 Å². The number of para-hydroxylation sites is 1. The fourth-order valence-corrected chi connectivity index (χ4v) is 3.83. The highest BCUT2D eigenvalue weighted by molar-refractivity contribution is 5.41. The summed E-state index contributed by atoms with van der Waals surface area (Å²) in [6, 6.07) is 15.9. The monoisotopic (exact) mass is 266 g/mol. The highest BCUT2D eigenvalue weighted by Crippen LogP contribution is 2.53.